The summed E-state index contributed by atoms with van der Waals surface area (Å²) in [4.78, 5) is 11.7. The molecule has 0 saturated heterocycles. The number of hydrogen-bond donors (Lipinski definition) is 0. The van der Waals surface area contributed by atoms with E-state index in [1.165, 1.54) is 18.5 Å². The van der Waals surface area contributed by atoms with Gasteiger partial charge in [-0.25, -0.2) is 13.2 Å². The van der Waals surface area contributed by atoms with Gasteiger partial charge in [-0.3, -0.25) is 0 Å². The van der Waals surface area contributed by atoms with Crippen molar-refractivity contribution < 1.29 is 17.9 Å². The van der Waals surface area contributed by atoms with Crippen LogP contribution in [0.1, 0.15) is 21.5 Å². The molecule has 23 heavy (non-hydrogen) atoms. The summed E-state index contributed by atoms with van der Waals surface area (Å²) in [5, 5.41) is 0. The number of methoxy groups -OCH3 is 1. The Bertz CT molecular complexity index is 780. The smallest absolute Gasteiger partial charge is 0.337 e. The van der Waals surface area contributed by atoms with Crippen LogP contribution in [0.5, 0.6) is 0 Å². The topological polar surface area (TPSA) is 63.7 Å². The van der Waals surface area contributed by atoms with E-state index in [1.807, 2.05) is 6.92 Å². The van der Waals surface area contributed by atoms with E-state index in [-0.39, 0.29) is 11.4 Å². The summed E-state index contributed by atoms with van der Waals surface area (Å²) >= 11 is 0. The van der Waals surface area contributed by atoms with E-state index in [9.17, 15) is 13.2 Å². The lowest BCUT2D eigenvalue weighted by molar-refractivity contribution is 0.0600. The second-order valence-electron chi connectivity index (χ2n) is 5.26. The number of hydrogen-bond acceptors (Lipinski definition) is 4. The van der Waals surface area contributed by atoms with Crippen LogP contribution < -0.4 is 0 Å². The average Bonchev–Trinajstić information content (AvgIpc) is 2.55. The Labute approximate surface area is 136 Å². The van der Waals surface area contributed by atoms with Crippen LogP contribution in [0.2, 0.25) is 0 Å². The second-order valence-corrected chi connectivity index (χ2v) is 7.31. The van der Waals surface area contributed by atoms with Crippen LogP contribution in [0, 0.1) is 6.92 Å². The highest BCUT2D eigenvalue weighted by Crippen LogP contribution is 2.17. The lowest BCUT2D eigenvalue weighted by atomic mass is 10.1. The van der Waals surface area contributed by atoms with Gasteiger partial charge in [0, 0.05) is 13.6 Å². The molecule has 0 unspecified atom stereocenters. The molecular formula is C17H19NO4S. The molecule has 0 N–H and O–H groups in total. The molecule has 0 aliphatic carbocycles. The summed E-state index contributed by atoms with van der Waals surface area (Å²) in [5.41, 5.74) is 2.22. The van der Waals surface area contributed by atoms with Crippen molar-refractivity contribution in [1.29, 1.82) is 0 Å². The van der Waals surface area contributed by atoms with Crippen molar-refractivity contribution in [3.8, 4) is 0 Å². The molecule has 2 aromatic rings. The molecule has 5 nitrogen and oxygen atoms in total. The first-order valence-electron chi connectivity index (χ1n) is 7.05. The summed E-state index contributed by atoms with van der Waals surface area (Å²) in [6.07, 6.45) is 0. The third-order valence-corrected chi connectivity index (χ3v) is 5.33. The normalized spacial score (nSPS) is 11.5. The summed E-state index contributed by atoms with van der Waals surface area (Å²) in [7, 11) is -0.695. The van der Waals surface area contributed by atoms with Crippen LogP contribution in [0.4, 0.5) is 0 Å². The van der Waals surface area contributed by atoms with Gasteiger partial charge in [0.1, 0.15) is 0 Å². The van der Waals surface area contributed by atoms with Gasteiger partial charge in [-0.05, 0) is 36.8 Å². The van der Waals surface area contributed by atoms with Crippen molar-refractivity contribution in [3.63, 3.8) is 0 Å². The van der Waals surface area contributed by atoms with Gasteiger partial charge in [-0.15, -0.1) is 0 Å². The first-order chi connectivity index (χ1) is 10.8. The zero-order valence-corrected chi connectivity index (χ0v) is 14.1. The molecule has 122 valence electrons. The van der Waals surface area contributed by atoms with Gasteiger partial charge in [-0.1, -0.05) is 29.8 Å². The molecular weight excluding hydrogens is 314 g/mol. The first-order valence-corrected chi connectivity index (χ1v) is 8.49. The lowest BCUT2D eigenvalue weighted by Crippen LogP contribution is -2.26. The van der Waals surface area contributed by atoms with Crippen molar-refractivity contribution in [2.24, 2.45) is 0 Å². The Morgan fingerprint density at radius 2 is 1.61 bits per heavy atom. The molecule has 2 aromatic carbocycles. The molecule has 0 fully saturated rings. The predicted octanol–water partition coefficient (Wildman–Crippen LogP) is 2.60. The number of rotatable bonds is 5. The van der Waals surface area contributed by atoms with Gasteiger partial charge in [0.25, 0.3) is 0 Å². The zero-order chi connectivity index (χ0) is 17.0. The molecule has 0 atom stereocenters. The molecule has 0 aliphatic heterocycles. The van der Waals surface area contributed by atoms with Crippen molar-refractivity contribution in [1.82, 2.24) is 4.31 Å². The first kappa shape index (κ1) is 17.2. The fraction of sp³-hybridized carbons (Fsp3) is 0.235. The van der Waals surface area contributed by atoms with Crippen LogP contribution in [-0.2, 0) is 21.3 Å². The van der Waals surface area contributed by atoms with Crippen molar-refractivity contribution >= 4 is 16.0 Å². The molecule has 0 radical (unpaired) electrons. The molecule has 0 saturated carbocycles. The third-order valence-electron chi connectivity index (χ3n) is 3.51. The van der Waals surface area contributed by atoms with Crippen LogP contribution in [0.3, 0.4) is 0 Å². The summed E-state index contributed by atoms with van der Waals surface area (Å²) < 4.78 is 31.0. The van der Waals surface area contributed by atoms with Gasteiger partial charge < -0.3 is 4.74 Å². The average molecular weight is 333 g/mol. The number of esters is 1. The van der Waals surface area contributed by atoms with E-state index < -0.39 is 16.0 Å². The fourth-order valence-corrected chi connectivity index (χ4v) is 3.26. The molecule has 6 heteroatoms. The Kier molecular flexibility index (Phi) is 5.18. The number of sulfonamides is 1. The monoisotopic (exact) mass is 333 g/mol. The van der Waals surface area contributed by atoms with Gasteiger partial charge >= 0.3 is 5.97 Å². The highest BCUT2D eigenvalue weighted by Gasteiger charge is 2.20. The van der Waals surface area contributed by atoms with Crippen molar-refractivity contribution in [3.05, 3.63) is 65.2 Å². The molecule has 0 heterocycles. The Hall–Kier alpha value is -2.18. The summed E-state index contributed by atoms with van der Waals surface area (Å²) in [6, 6.07) is 13.4. The highest BCUT2D eigenvalue weighted by atomic mass is 32.2. The van der Waals surface area contributed by atoms with E-state index in [2.05, 4.69) is 4.74 Å². The van der Waals surface area contributed by atoms with E-state index >= 15 is 0 Å². The van der Waals surface area contributed by atoms with E-state index in [4.69, 9.17) is 0 Å². The van der Waals surface area contributed by atoms with Crippen LogP contribution in [-0.4, -0.2) is 32.8 Å². The molecule has 0 aromatic heterocycles. The maximum absolute atomic E-state index is 12.5. The van der Waals surface area contributed by atoms with Crippen molar-refractivity contribution in [2.75, 3.05) is 14.2 Å². The van der Waals surface area contributed by atoms with E-state index in [1.54, 1.807) is 48.5 Å². The molecule has 0 spiro atoms. The zero-order valence-electron chi connectivity index (χ0n) is 13.3. The van der Waals surface area contributed by atoms with Gasteiger partial charge in [0.15, 0.2) is 0 Å². The minimum atomic E-state index is -3.54. The molecule has 2 rings (SSSR count). The number of nitrogens with zero attached hydrogens (tertiary/aromatic N) is 1. The summed E-state index contributed by atoms with van der Waals surface area (Å²) in [5.74, 6) is -0.419. The highest BCUT2D eigenvalue weighted by molar-refractivity contribution is 7.89. The minimum Gasteiger partial charge on any atom is -0.465 e. The van der Waals surface area contributed by atoms with Crippen LogP contribution in [0.15, 0.2) is 53.4 Å². The van der Waals surface area contributed by atoms with Gasteiger partial charge in [0.2, 0.25) is 10.0 Å². The fourth-order valence-electron chi connectivity index (χ4n) is 2.10. The predicted molar refractivity (Wildman–Crippen MR) is 87.6 cm³/mol. The Morgan fingerprint density at radius 3 is 2.13 bits per heavy atom. The number of carbonyl (C=O) groups is 1. The molecule has 0 bridgehead atoms. The standard InChI is InChI=1S/C17H19NO4S/c1-13-4-10-16(11-5-13)23(20,21)18(2)12-14-6-8-15(9-7-14)17(19)22-3/h4-11H,12H2,1-3H3. The number of carbonyl (C=O) groups excluding carboxylic acids is 1. The Morgan fingerprint density at radius 1 is 1.04 bits per heavy atom. The van der Waals surface area contributed by atoms with E-state index in [0.29, 0.717) is 5.56 Å². The minimum absolute atomic E-state index is 0.220. The molecule has 0 amide bonds. The van der Waals surface area contributed by atoms with Crippen LogP contribution in [0.25, 0.3) is 0 Å². The van der Waals surface area contributed by atoms with Gasteiger partial charge in [0.05, 0.1) is 17.6 Å². The van der Waals surface area contributed by atoms with Gasteiger partial charge in [-0.2, -0.15) is 4.31 Å². The molecule has 0 aliphatic rings. The largest absolute Gasteiger partial charge is 0.465 e. The number of benzene rings is 2. The SMILES string of the molecule is COC(=O)c1ccc(CN(C)S(=O)(=O)c2ccc(C)cc2)cc1. The van der Waals surface area contributed by atoms with Crippen molar-refractivity contribution in [2.45, 2.75) is 18.4 Å². The maximum atomic E-state index is 12.5. The number of aryl methyl sites for hydroxylation is 1. The Balaban J connectivity index is 2.16. The number of ether oxygens (including phenoxy) is 1. The maximum Gasteiger partial charge on any atom is 0.337 e. The quantitative estimate of drug-likeness (QED) is 0.789. The lowest BCUT2D eigenvalue weighted by Gasteiger charge is -2.17. The van der Waals surface area contributed by atoms with E-state index in [0.717, 1.165) is 11.1 Å². The van der Waals surface area contributed by atoms with Crippen LogP contribution >= 0.6 is 0 Å². The second kappa shape index (κ2) is 6.93. The summed E-state index contributed by atoms with van der Waals surface area (Å²) in [6.45, 7) is 2.13. The third kappa shape index (κ3) is 3.97.